The maximum absolute atomic E-state index is 11.9. The number of hydrogen-bond donors (Lipinski definition) is 3. The smallest absolute Gasteiger partial charge is 0.242 e. The number of nitrogens with one attached hydrogen (secondary N) is 1. The topological polar surface area (TPSA) is 101 Å². The normalized spacial score (nSPS) is 11.9. The summed E-state index contributed by atoms with van der Waals surface area (Å²) in [6, 6.07) is 8.86. The maximum Gasteiger partial charge on any atom is 0.242 e. The fourth-order valence-electron chi connectivity index (χ4n) is 1.58. The minimum atomic E-state index is -0.725. The minimum absolute atomic E-state index is 0.170. The van der Waals surface area contributed by atoms with Gasteiger partial charge in [0.25, 0.3) is 0 Å². The van der Waals surface area contributed by atoms with Crippen LogP contribution in [0.25, 0.3) is 0 Å². The van der Waals surface area contributed by atoms with Crippen LogP contribution in [-0.2, 0) is 11.2 Å². The van der Waals surface area contributed by atoms with Crippen LogP contribution in [-0.4, -0.2) is 27.3 Å². The van der Waals surface area contributed by atoms with E-state index in [1.54, 1.807) is 30.3 Å². The number of phenols is 1. The summed E-state index contributed by atoms with van der Waals surface area (Å²) >= 11 is 5.60. The first-order chi connectivity index (χ1) is 9.54. The summed E-state index contributed by atoms with van der Waals surface area (Å²) in [5.41, 5.74) is 6.67. The minimum Gasteiger partial charge on any atom is -0.508 e. The van der Waals surface area contributed by atoms with Crippen molar-refractivity contribution in [2.45, 2.75) is 12.5 Å². The van der Waals surface area contributed by atoms with Crippen LogP contribution in [0.15, 0.2) is 36.4 Å². The molecule has 2 aromatic rings. The summed E-state index contributed by atoms with van der Waals surface area (Å²) in [4.78, 5) is 11.9. The van der Waals surface area contributed by atoms with Crippen molar-refractivity contribution < 1.29 is 9.90 Å². The van der Waals surface area contributed by atoms with Gasteiger partial charge in [-0.1, -0.05) is 23.7 Å². The number of carbonyl (C=O) groups excluding carboxylic acids is 1. The SMILES string of the molecule is NC(Cc1ccc(O)cc1)C(=O)Nc1ccc(Cl)nn1. The summed E-state index contributed by atoms with van der Waals surface area (Å²) in [7, 11) is 0. The molecule has 0 aliphatic heterocycles. The molecule has 0 spiro atoms. The molecule has 0 bridgehead atoms. The molecule has 1 heterocycles. The summed E-state index contributed by atoms with van der Waals surface area (Å²) in [6.07, 6.45) is 0.354. The average molecular weight is 293 g/mol. The molecule has 0 saturated carbocycles. The van der Waals surface area contributed by atoms with E-state index in [2.05, 4.69) is 15.5 Å². The van der Waals surface area contributed by atoms with E-state index in [1.807, 2.05) is 0 Å². The quantitative estimate of drug-likeness (QED) is 0.789. The van der Waals surface area contributed by atoms with E-state index in [-0.39, 0.29) is 16.8 Å². The molecule has 0 saturated heterocycles. The third kappa shape index (κ3) is 3.91. The highest BCUT2D eigenvalue weighted by molar-refractivity contribution is 6.29. The van der Waals surface area contributed by atoms with Crippen molar-refractivity contribution in [3.63, 3.8) is 0 Å². The number of benzene rings is 1. The van der Waals surface area contributed by atoms with E-state index in [0.717, 1.165) is 5.56 Å². The molecule has 0 aliphatic carbocycles. The van der Waals surface area contributed by atoms with Gasteiger partial charge in [-0.15, -0.1) is 10.2 Å². The number of halogens is 1. The number of rotatable bonds is 4. The fourth-order valence-corrected chi connectivity index (χ4v) is 1.68. The molecule has 0 radical (unpaired) electrons. The molecule has 104 valence electrons. The van der Waals surface area contributed by atoms with Crippen molar-refractivity contribution in [1.82, 2.24) is 10.2 Å². The number of aromatic hydroxyl groups is 1. The van der Waals surface area contributed by atoms with Crippen LogP contribution in [0.5, 0.6) is 5.75 Å². The zero-order valence-corrected chi connectivity index (χ0v) is 11.2. The molecule has 6 nitrogen and oxygen atoms in total. The summed E-state index contributed by atoms with van der Waals surface area (Å²) in [5, 5.41) is 19.3. The Balaban J connectivity index is 1.94. The van der Waals surface area contributed by atoms with E-state index in [0.29, 0.717) is 12.2 Å². The Morgan fingerprint density at radius 3 is 2.55 bits per heavy atom. The van der Waals surface area contributed by atoms with Crippen molar-refractivity contribution >= 4 is 23.3 Å². The highest BCUT2D eigenvalue weighted by Gasteiger charge is 2.15. The monoisotopic (exact) mass is 292 g/mol. The van der Waals surface area contributed by atoms with Gasteiger partial charge in [-0.05, 0) is 36.2 Å². The van der Waals surface area contributed by atoms with E-state index in [4.69, 9.17) is 17.3 Å². The lowest BCUT2D eigenvalue weighted by Gasteiger charge is -2.11. The van der Waals surface area contributed by atoms with Gasteiger partial charge in [0.15, 0.2) is 11.0 Å². The van der Waals surface area contributed by atoms with Crippen LogP contribution in [0, 0.1) is 0 Å². The molecule has 0 aliphatic rings. The Morgan fingerprint density at radius 1 is 1.25 bits per heavy atom. The molecule has 1 aromatic heterocycles. The molecule has 4 N–H and O–H groups in total. The first kappa shape index (κ1) is 14.2. The molecule has 1 unspecified atom stereocenters. The number of nitrogens with zero attached hydrogens (tertiary/aromatic N) is 2. The number of hydrogen-bond acceptors (Lipinski definition) is 5. The molecular weight excluding hydrogens is 280 g/mol. The van der Waals surface area contributed by atoms with Crippen molar-refractivity contribution in [2.75, 3.05) is 5.32 Å². The Labute approximate surface area is 120 Å². The Kier molecular flexibility index (Phi) is 4.49. The molecular formula is C13H13ClN4O2. The first-order valence-electron chi connectivity index (χ1n) is 5.88. The van der Waals surface area contributed by atoms with Crippen LogP contribution in [0.3, 0.4) is 0 Å². The van der Waals surface area contributed by atoms with Crippen molar-refractivity contribution in [3.8, 4) is 5.75 Å². The lowest BCUT2D eigenvalue weighted by molar-refractivity contribution is -0.117. The summed E-state index contributed by atoms with van der Waals surface area (Å²) in [6.45, 7) is 0. The average Bonchev–Trinajstić information content (AvgIpc) is 2.44. The molecule has 2 rings (SSSR count). The second-order valence-electron chi connectivity index (χ2n) is 4.21. The van der Waals surface area contributed by atoms with Crippen LogP contribution in [0.1, 0.15) is 5.56 Å². The zero-order chi connectivity index (χ0) is 14.5. The van der Waals surface area contributed by atoms with E-state index in [1.165, 1.54) is 6.07 Å². The van der Waals surface area contributed by atoms with Crippen LogP contribution >= 0.6 is 11.6 Å². The van der Waals surface area contributed by atoms with Crippen molar-refractivity contribution in [1.29, 1.82) is 0 Å². The first-order valence-corrected chi connectivity index (χ1v) is 6.26. The second-order valence-corrected chi connectivity index (χ2v) is 4.59. The van der Waals surface area contributed by atoms with E-state index in [9.17, 15) is 9.90 Å². The van der Waals surface area contributed by atoms with Gasteiger partial charge in [0, 0.05) is 0 Å². The number of anilines is 1. The molecule has 0 fully saturated rings. The van der Waals surface area contributed by atoms with Crippen LogP contribution in [0.4, 0.5) is 5.82 Å². The lowest BCUT2D eigenvalue weighted by atomic mass is 10.1. The maximum atomic E-state index is 11.9. The number of nitrogens with two attached hydrogens (primary N) is 1. The van der Waals surface area contributed by atoms with Crippen LogP contribution < -0.4 is 11.1 Å². The third-order valence-electron chi connectivity index (χ3n) is 2.61. The van der Waals surface area contributed by atoms with Gasteiger partial charge in [0.05, 0.1) is 6.04 Å². The van der Waals surface area contributed by atoms with Crippen LogP contribution in [0.2, 0.25) is 5.15 Å². The fraction of sp³-hybridized carbons (Fsp3) is 0.154. The lowest BCUT2D eigenvalue weighted by Crippen LogP contribution is -2.37. The Morgan fingerprint density at radius 2 is 1.95 bits per heavy atom. The second kappa shape index (κ2) is 6.31. The molecule has 1 aromatic carbocycles. The number of phenolic OH excluding ortho intramolecular Hbond substituents is 1. The van der Waals surface area contributed by atoms with Gasteiger partial charge in [0.2, 0.25) is 5.91 Å². The van der Waals surface area contributed by atoms with Gasteiger partial charge in [-0.2, -0.15) is 0 Å². The van der Waals surface area contributed by atoms with E-state index < -0.39 is 6.04 Å². The molecule has 1 atom stereocenters. The molecule has 20 heavy (non-hydrogen) atoms. The zero-order valence-electron chi connectivity index (χ0n) is 10.5. The summed E-state index contributed by atoms with van der Waals surface area (Å²) in [5.74, 6) is 0.0958. The molecule has 1 amide bonds. The standard InChI is InChI=1S/C13H13ClN4O2/c14-11-5-6-12(18-17-11)16-13(20)10(15)7-8-1-3-9(19)4-2-8/h1-6,10,19H,7,15H2,(H,16,18,20). The predicted octanol–water partition coefficient (Wildman–Crippen LogP) is 1.34. The van der Waals surface area contributed by atoms with Gasteiger partial charge >= 0.3 is 0 Å². The van der Waals surface area contributed by atoms with E-state index >= 15 is 0 Å². The third-order valence-corrected chi connectivity index (χ3v) is 2.81. The number of amides is 1. The van der Waals surface area contributed by atoms with Gasteiger partial charge < -0.3 is 16.2 Å². The van der Waals surface area contributed by atoms with Gasteiger partial charge in [0.1, 0.15) is 5.75 Å². The Hall–Kier alpha value is -2.18. The van der Waals surface area contributed by atoms with Crippen molar-refractivity contribution in [2.24, 2.45) is 5.73 Å². The van der Waals surface area contributed by atoms with Gasteiger partial charge in [-0.3, -0.25) is 4.79 Å². The van der Waals surface area contributed by atoms with Crippen molar-refractivity contribution in [3.05, 3.63) is 47.1 Å². The predicted molar refractivity (Wildman–Crippen MR) is 75.5 cm³/mol. The summed E-state index contributed by atoms with van der Waals surface area (Å²) < 4.78 is 0. The largest absolute Gasteiger partial charge is 0.508 e. The highest BCUT2D eigenvalue weighted by atomic mass is 35.5. The number of carbonyl (C=O) groups is 1. The molecule has 7 heteroatoms. The van der Waals surface area contributed by atoms with Gasteiger partial charge in [-0.25, -0.2) is 0 Å². The Bertz CT molecular complexity index is 586. The number of aromatic nitrogens is 2. The highest BCUT2D eigenvalue weighted by Crippen LogP contribution is 2.11.